The van der Waals surface area contributed by atoms with E-state index in [-0.39, 0.29) is 0 Å². The Kier molecular flexibility index (Phi) is 4.54. The summed E-state index contributed by atoms with van der Waals surface area (Å²) >= 11 is 5.89. The van der Waals surface area contributed by atoms with Crippen LogP contribution in [0.4, 0.5) is 0 Å². The fourth-order valence-corrected chi connectivity index (χ4v) is 2.68. The number of fused-ring (bicyclic) bond motifs is 1. The third-order valence-corrected chi connectivity index (χ3v) is 3.95. The fraction of sp³-hybridized carbons (Fsp3) is 0.158. The Labute approximate surface area is 130 Å². The van der Waals surface area contributed by atoms with Crippen molar-refractivity contribution in [2.75, 3.05) is 6.54 Å². The Hall–Kier alpha value is -1.83. The number of rotatable bonds is 5. The van der Waals surface area contributed by atoms with Crippen LogP contribution in [0.1, 0.15) is 11.1 Å². The van der Waals surface area contributed by atoms with Gasteiger partial charge in [0.25, 0.3) is 0 Å². The molecule has 21 heavy (non-hydrogen) atoms. The van der Waals surface area contributed by atoms with Gasteiger partial charge in [-0.2, -0.15) is 0 Å². The smallest absolute Gasteiger partial charge is 0.0406 e. The lowest BCUT2D eigenvalue weighted by atomic mass is 10.0. The second-order valence-electron chi connectivity index (χ2n) is 5.19. The zero-order chi connectivity index (χ0) is 14.5. The van der Waals surface area contributed by atoms with Gasteiger partial charge in [-0.25, -0.2) is 0 Å². The van der Waals surface area contributed by atoms with Crippen molar-refractivity contribution in [3.63, 3.8) is 0 Å². The standard InChI is InChI=1S/C19H18ClN/c20-18-10-8-15(9-11-18)12-13-21-14-17-6-3-5-16-4-1-2-7-19(16)17/h1-11,21H,12-14H2. The third kappa shape index (κ3) is 3.63. The van der Waals surface area contributed by atoms with Crippen LogP contribution in [0, 0.1) is 0 Å². The minimum Gasteiger partial charge on any atom is -0.312 e. The largest absolute Gasteiger partial charge is 0.312 e. The quantitative estimate of drug-likeness (QED) is 0.665. The van der Waals surface area contributed by atoms with E-state index in [0.717, 1.165) is 24.5 Å². The summed E-state index contributed by atoms with van der Waals surface area (Å²) < 4.78 is 0. The van der Waals surface area contributed by atoms with Gasteiger partial charge in [0.15, 0.2) is 0 Å². The molecule has 0 bridgehead atoms. The van der Waals surface area contributed by atoms with Crippen molar-refractivity contribution < 1.29 is 0 Å². The Bertz CT molecular complexity index is 714. The lowest BCUT2D eigenvalue weighted by Gasteiger charge is -2.08. The SMILES string of the molecule is Clc1ccc(CCNCc2cccc3ccccc23)cc1. The average molecular weight is 296 g/mol. The molecule has 3 aromatic carbocycles. The zero-order valence-electron chi connectivity index (χ0n) is 11.9. The maximum absolute atomic E-state index is 5.89. The van der Waals surface area contributed by atoms with Crippen LogP contribution in [0.3, 0.4) is 0 Å². The molecule has 3 rings (SSSR count). The Morgan fingerprint density at radius 3 is 2.43 bits per heavy atom. The Morgan fingerprint density at radius 1 is 0.810 bits per heavy atom. The van der Waals surface area contributed by atoms with Crippen molar-refractivity contribution in [1.29, 1.82) is 0 Å². The molecule has 106 valence electrons. The highest BCUT2D eigenvalue weighted by Gasteiger charge is 2.00. The van der Waals surface area contributed by atoms with Gasteiger partial charge in [-0.15, -0.1) is 0 Å². The van der Waals surface area contributed by atoms with E-state index < -0.39 is 0 Å². The first-order valence-electron chi connectivity index (χ1n) is 7.25. The predicted octanol–water partition coefficient (Wildman–Crippen LogP) is 4.83. The summed E-state index contributed by atoms with van der Waals surface area (Å²) in [7, 11) is 0. The van der Waals surface area contributed by atoms with E-state index in [1.165, 1.54) is 21.9 Å². The van der Waals surface area contributed by atoms with Crippen molar-refractivity contribution in [1.82, 2.24) is 5.32 Å². The average Bonchev–Trinajstić information content (AvgIpc) is 2.53. The highest BCUT2D eigenvalue weighted by Crippen LogP contribution is 2.18. The summed E-state index contributed by atoms with van der Waals surface area (Å²) in [5.74, 6) is 0. The van der Waals surface area contributed by atoms with Crippen LogP contribution in [0.2, 0.25) is 5.02 Å². The molecule has 1 N–H and O–H groups in total. The highest BCUT2D eigenvalue weighted by molar-refractivity contribution is 6.30. The van der Waals surface area contributed by atoms with E-state index in [9.17, 15) is 0 Å². The number of nitrogens with one attached hydrogen (secondary N) is 1. The van der Waals surface area contributed by atoms with Gasteiger partial charge in [0, 0.05) is 11.6 Å². The molecule has 0 spiro atoms. The summed E-state index contributed by atoms with van der Waals surface area (Å²) in [5, 5.41) is 6.95. The van der Waals surface area contributed by atoms with E-state index in [0.29, 0.717) is 0 Å². The van der Waals surface area contributed by atoms with Gasteiger partial charge in [-0.3, -0.25) is 0 Å². The van der Waals surface area contributed by atoms with Gasteiger partial charge < -0.3 is 5.32 Å². The third-order valence-electron chi connectivity index (χ3n) is 3.70. The molecule has 0 saturated heterocycles. The highest BCUT2D eigenvalue weighted by atomic mass is 35.5. The van der Waals surface area contributed by atoms with Gasteiger partial charge in [0.05, 0.1) is 0 Å². The predicted molar refractivity (Wildman–Crippen MR) is 90.8 cm³/mol. The van der Waals surface area contributed by atoms with Crippen LogP contribution in [-0.4, -0.2) is 6.54 Å². The van der Waals surface area contributed by atoms with E-state index in [1.807, 2.05) is 12.1 Å². The molecule has 0 fully saturated rings. The summed E-state index contributed by atoms with van der Waals surface area (Å²) in [5.41, 5.74) is 2.66. The molecule has 0 radical (unpaired) electrons. The molecule has 0 aliphatic heterocycles. The van der Waals surface area contributed by atoms with E-state index in [1.54, 1.807) is 0 Å². The van der Waals surface area contributed by atoms with Crippen LogP contribution in [0.5, 0.6) is 0 Å². The van der Waals surface area contributed by atoms with Crippen molar-refractivity contribution >= 4 is 22.4 Å². The second-order valence-corrected chi connectivity index (χ2v) is 5.63. The van der Waals surface area contributed by atoms with Crippen LogP contribution in [0.15, 0.2) is 66.7 Å². The van der Waals surface area contributed by atoms with Gasteiger partial charge in [0.1, 0.15) is 0 Å². The van der Waals surface area contributed by atoms with Gasteiger partial charge in [0.2, 0.25) is 0 Å². The van der Waals surface area contributed by atoms with Crippen molar-refractivity contribution in [3.8, 4) is 0 Å². The van der Waals surface area contributed by atoms with E-state index >= 15 is 0 Å². The maximum Gasteiger partial charge on any atom is 0.0406 e. The first kappa shape index (κ1) is 14.1. The van der Waals surface area contributed by atoms with Gasteiger partial charge in [-0.1, -0.05) is 66.2 Å². The molecule has 0 unspecified atom stereocenters. The van der Waals surface area contributed by atoms with Crippen molar-refractivity contribution in [3.05, 3.63) is 82.9 Å². The monoisotopic (exact) mass is 295 g/mol. The molecular formula is C19H18ClN. The molecule has 0 aromatic heterocycles. The molecule has 1 nitrogen and oxygen atoms in total. The van der Waals surface area contributed by atoms with Gasteiger partial charge in [-0.05, 0) is 47.0 Å². The molecule has 0 aliphatic rings. The molecule has 0 aliphatic carbocycles. The van der Waals surface area contributed by atoms with Crippen molar-refractivity contribution in [2.45, 2.75) is 13.0 Å². The van der Waals surface area contributed by atoms with Crippen molar-refractivity contribution in [2.24, 2.45) is 0 Å². The lowest BCUT2D eigenvalue weighted by Crippen LogP contribution is -2.16. The minimum absolute atomic E-state index is 0.794. The lowest BCUT2D eigenvalue weighted by molar-refractivity contribution is 0.690. The summed E-state index contributed by atoms with van der Waals surface area (Å²) in [4.78, 5) is 0. The minimum atomic E-state index is 0.794. The molecule has 0 atom stereocenters. The molecule has 2 heteroatoms. The normalized spacial score (nSPS) is 10.9. The maximum atomic E-state index is 5.89. The number of hydrogen-bond acceptors (Lipinski definition) is 1. The molecule has 0 saturated carbocycles. The molecule has 0 amide bonds. The van der Waals surface area contributed by atoms with Crippen LogP contribution >= 0.6 is 11.6 Å². The van der Waals surface area contributed by atoms with E-state index in [4.69, 9.17) is 11.6 Å². The Balaban J connectivity index is 1.58. The summed E-state index contributed by atoms with van der Waals surface area (Å²) in [6, 6.07) is 23.1. The Morgan fingerprint density at radius 2 is 1.57 bits per heavy atom. The topological polar surface area (TPSA) is 12.0 Å². The van der Waals surface area contributed by atoms with Crippen LogP contribution in [-0.2, 0) is 13.0 Å². The molecular weight excluding hydrogens is 278 g/mol. The summed E-state index contributed by atoms with van der Waals surface area (Å²) in [6.07, 6.45) is 1.02. The zero-order valence-corrected chi connectivity index (χ0v) is 12.6. The number of hydrogen-bond donors (Lipinski definition) is 1. The number of halogens is 1. The number of benzene rings is 3. The van der Waals surface area contributed by atoms with Gasteiger partial charge >= 0.3 is 0 Å². The fourth-order valence-electron chi connectivity index (χ4n) is 2.55. The first-order chi connectivity index (χ1) is 10.3. The summed E-state index contributed by atoms with van der Waals surface area (Å²) in [6.45, 7) is 1.86. The van der Waals surface area contributed by atoms with E-state index in [2.05, 4.69) is 59.9 Å². The second kappa shape index (κ2) is 6.75. The molecule has 0 heterocycles. The van der Waals surface area contributed by atoms with Crippen LogP contribution in [0.25, 0.3) is 10.8 Å². The molecule has 3 aromatic rings. The van der Waals surface area contributed by atoms with Crippen LogP contribution < -0.4 is 5.32 Å². The first-order valence-corrected chi connectivity index (χ1v) is 7.62.